The largest absolute Gasteiger partial charge is 0.333 e. The maximum atomic E-state index is 10.6. The normalized spacial score (nSPS) is 12.6. The molecule has 0 aliphatic heterocycles. The van der Waals surface area contributed by atoms with Gasteiger partial charge in [0.2, 0.25) is 6.41 Å². The Kier molecular flexibility index (Phi) is 5.20. The van der Waals surface area contributed by atoms with E-state index in [0.29, 0.717) is 12.4 Å². The molecule has 1 atom stereocenters. The van der Waals surface area contributed by atoms with E-state index in [1.54, 1.807) is 6.26 Å². The number of hydrogen-bond acceptors (Lipinski definition) is 2. The molecule has 0 saturated carbocycles. The first-order valence-electron chi connectivity index (χ1n) is 3.20. The zero-order valence-electron chi connectivity index (χ0n) is 6.37. The summed E-state index contributed by atoms with van der Waals surface area (Å²) in [5.41, 5.74) is 0. The van der Waals surface area contributed by atoms with Gasteiger partial charge in [-0.2, -0.15) is 0 Å². The molecule has 0 fully saturated rings. The third-order valence-electron chi connectivity index (χ3n) is 1.01. The predicted octanol–water partition coefficient (Wildman–Crippen LogP) is 0.191. The molecule has 0 aromatic rings. The van der Waals surface area contributed by atoms with Crippen molar-refractivity contribution in [2.75, 3.05) is 18.7 Å². The van der Waals surface area contributed by atoms with Gasteiger partial charge in [0.1, 0.15) is 0 Å². The van der Waals surface area contributed by atoms with E-state index in [1.165, 1.54) is 4.90 Å². The van der Waals surface area contributed by atoms with Crippen LogP contribution in [0.5, 0.6) is 0 Å². The van der Waals surface area contributed by atoms with Gasteiger partial charge in [0, 0.05) is 23.6 Å². The molecule has 60 valence electrons. The van der Waals surface area contributed by atoms with Crippen molar-refractivity contribution < 1.29 is 9.00 Å². The minimum absolute atomic E-state index is 0.358. The number of hydrogen-bond donors (Lipinski definition) is 0. The van der Waals surface area contributed by atoms with E-state index in [2.05, 4.69) is 0 Å². The maximum absolute atomic E-state index is 10.6. The summed E-state index contributed by atoms with van der Waals surface area (Å²) in [7, 11) is -0.902. The topological polar surface area (TPSA) is 37.4 Å². The van der Waals surface area contributed by atoms with Gasteiger partial charge < -0.3 is 4.90 Å². The van der Waals surface area contributed by atoms with Crippen molar-refractivity contribution in [2.45, 2.75) is 13.3 Å². The lowest BCUT2D eigenvalue weighted by Gasteiger charge is -2.13. The molecular weight excluding hydrogens is 150 g/mol. The smallest absolute Gasteiger partial charge is 0.210 e. The van der Waals surface area contributed by atoms with Crippen molar-refractivity contribution >= 4 is 17.2 Å². The molecule has 0 rings (SSSR count). The van der Waals surface area contributed by atoms with Gasteiger partial charge in [-0.3, -0.25) is 9.00 Å². The quantitative estimate of drug-likeness (QED) is 0.543. The Morgan fingerprint density at radius 2 is 2.20 bits per heavy atom. The second-order valence-electron chi connectivity index (χ2n) is 2.12. The fourth-order valence-electron chi connectivity index (χ4n) is 0.668. The van der Waals surface area contributed by atoms with Crippen molar-refractivity contribution in [2.24, 2.45) is 0 Å². The molecule has 0 spiro atoms. The van der Waals surface area contributed by atoms with Crippen LogP contribution < -0.4 is 0 Å². The second kappa shape index (κ2) is 5.41. The van der Waals surface area contributed by atoms with Gasteiger partial charge in [-0.15, -0.1) is 0 Å². The zero-order valence-corrected chi connectivity index (χ0v) is 7.19. The molecule has 0 aromatic heterocycles. The summed E-state index contributed by atoms with van der Waals surface area (Å²) >= 11 is 0. The van der Waals surface area contributed by atoms with E-state index in [1.807, 2.05) is 6.92 Å². The molecule has 0 bridgehead atoms. The summed E-state index contributed by atoms with van der Waals surface area (Å²) in [5.74, 6) is 0.358. The molecular formula is C6H13NO2S. The molecule has 1 unspecified atom stereocenters. The number of amides is 1. The average Bonchev–Trinajstić information content (AvgIpc) is 1.86. The van der Waals surface area contributed by atoms with Crippen molar-refractivity contribution in [1.82, 2.24) is 4.90 Å². The maximum Gasteiger partial charge on any atom is 0.210 e. The predicted molar refractivity (Wildman–Crippen MR) is 42.0 cm³/mol. The lowest BCUT2D eigenvalue weighted by Crippen LogP contribution is -2.26. The molecule has 0 radical (unpaired) electrons. The Morgan fingerprint density at radius 1 is 1.60 bits per heavy atom. The van der Waals surface area contributed by atoms with Gasteiger partial charge in [-0.05, 0) is 6.42 Å². The highest BCUT2D eigenvalue weighted by Crippen LogP contribution is 1.87. The van der Waals surface area contributed by atoms with E-state index >= 15 is 0 Å². The van der Waals surface area contributed by atoms with Gasteiger partial charge in [0.05, 0.1) is 5.88 Å². The van der Waals surface area contributed by atoms with Crippen molar-refractivity contribution in [3.8, 4) is 0 Å². The van der Waals surface area contributed by atoms with Gasteiger partial charge >= 0.3 is 0 Å². The average molecular weight is 163 g/mol. The monoisotopic (exact) mass is 163 g/mol. The third kappa shape index (κ3) is 4.49. The fraction of sp³-hybridized carbons (Fsp3) is 0.833. The summed E-state index contributed by atoms with van der Waals surface area (Å²) in [6, 6.07) is 0. The Labute approximate surface area is 63.9 Å². The number of carbonyl (C=O) groups excluding carboxylic acids is 1. The van der Waals surface area contributed by atoms with Crippen LogP contribution in [0.2, 0.25) is 0 Å². The van der Waals surface area contributed by atoms with E-state index < -0.39 is 10.8 Å². The van der Waals surface area contributed by atoms with Crippen LogP contribution in [0.4, 0.5) is 0 Å². The highest BCUT2D eigenvalue weighted by molar-refractivity contribution is 7.84. The molecule has 0 aliphatic rings. The highest BCUT2D eigenvalue weighted by Gasteiger charge is 2.00. The highest BCUT2D eigenvalue weighted by atomic mass is 32.2. The summed E-state index contributed by atoms with van der Waals surface area (Å²) < 4.78 is 10.6. The van der Waals surface area contributed by atoms with Crippen LogP contribution in [0.15, 0.2) is 0 Å². The number of rotatable bonds is 5. The van der Waals surface area contributed by atoms with Crippen LogP contribution in [0.1, 0.15) is 13.3 Å². The lowest BCUT2D eigenvalue weighted by atomic mass is 10.5. The molecule has 10 heavy (non-hydrogen) atoms. The molecule has 3 nitrogen and oxygen atoms in total. The van der Waals surface area contributed by atoms with Crippen LogP contribution in [0.3, 0.4) is 0 Å². The first-order chi connectivity index (χ1) is 4.70. The molecule has 0 saturated heterocycles. The van der Waals surface area contributed by atoms with Crippen molar-refractivity contribution in [3.05, 3.63) is 0 Å². The minimum Gasteiger partial charge on any atom is -0.333 e. The standard InChI is InChI=1S/C6H13NO2S/c1-3-4-7(5-8)6-10(2)9/h5H,3-4,6H2,1-2H3. The molecule has 0 aliphatic carbocycles. The molecule has 0 aromatic carbocycles. The Hall–Kier alpha value is -0.380. The van der Waals surface area contributed by atoms with E-state index in [0.717, 1.165) is 12.8 Å². The van der Waals surface area contributed by atoms with Crippen LogP contribution in [0.25, 0.3) is 0 Å². The Morgan fingerprint density at radius 3 is 2.50 bits per heavy atom. The molecule has 1 amide bonds. The lowest BCUT2D eigenvalue weighted by molar-refractivity contribution is -0.117. The summed E-state index contributed by atoms with van der Waals surface area (Å²) in [5, 5.41) is 0. The van der Waals surface area contributed by atoms with Crippen LogP contribution >= 0.6 is 0 Å². The molecule has 0 N–H and O–H groups in total. The molecule has 4 heteroatoms. The van der Waals surface area contributed by atoms with Crippen LogP contribution in [-0.4, -0.2) is 34.2 Å². The minimum atomic E-state index is -0.902. The summed E-state index contributed by atoms with van der Waals surface area (Å²) in [6.07, 6.45) is 3.24. The summed E-state index contributed by atoms with van der Waals surface area (Å²) in [4.78, 5) is 11.7. The first-order valence-corrected chi connectivity index (χ1v) is 4.92. The van der Waals surface area contributed by atoms with E-state index in [9.17, 15) is 9.00 Å². The van der Waals surface area contributed by atoms with E-state index in [4.69, 9.17) is 0 Å². The second-order valence-corrected chi connectivity index (χ2v) is 3.52. The van der Waals surface area contributed by atoms with Crippen molar-refractivity contribution in [3.63, 3.8) is 0 Å². The van der Waals surface area contributed by atoms with E-state index in [-0.39, 0.29) is 0 Å². The van der Waals surface area contributed by atoms with Crippen LogP contribution in [-0.2, 0) is 15.6 Å². The van der Waals surface area contributed by atoms with Gasteiger partial charge in [-0.1, -0.05) is 6.92 Å². The van der Waals surface area contributed by atoms with Crippen molar-refractivity contribution in [1.29, 1.82) is 0 Å². The van der Waals surface area contributed by atoms with Crippen LogP contribution in [0, 0.1) is 0 Å². The van der Waals surface area contributed by atoms with Gasteiger partial charge in [0.25, 0.3) is 0 Å². The Bertz CT molecular complexity index is 127. The van der Waals surface area contributed by atoms with Gasteiger partial charge in [-0.25, -0.2) is 0 Å². The SMILES string of the molecule is CCCN(C=O)CS(C)=O. The fourth-order valence-corrected chi connectivity index (χ4v) is 1.33. The summed E-state index contributed by atoms with van der Waals surface area (Å²) in [6.45, 7) is 2.68. The zero-order chi connectivity index (χ0) is 7.98. The first kappa shape index (κ1) is 9.62. The third-order valence-corrected chi connectivity index (χ3v) is 1.70. The molecule has 0 heterocycles. The number of nitrogens with zero attached hydrogens (tertiary/aromatic N) is 1. The van der Waals surface area contributed by atoms with Gasteiger partial charge in [0.15, 0.2) is 0 Å². The number of carbonyl (C=O) groups is 1. The Balaban J connectivity index is 3.59.